The fourth-order valence-corrected chi connectivity index (χ4v) is 4.33. The lowest BCUT2D eigenvalue weighted by Crippen LogP contribution is -2.40. The minimum Gasteiger partial charge on any atom is -0.352 e. The Morgan fingerprint density at radius 2 is 1.87 bits per heavy atom. The summed E-state index contributed by atoms with van der Waals surface area (Å²) in [7, 11) is 0. The van der Waals surface area contributed by atoms with Gasteiger partial charge in [-0.2, -0.15) is 0 Å². The summed E-state index contributed by atoms with van der Waals surface area (Å²) in [6.45, 7) is 3.95. The quantitative estimate of drug-likeness (QED) is 0.569. The molecule has 1 aliphatic rings. The average molecular weight is 408 g/mol. The summed E-state index contributed by atoms with van der Waals surface area (Å²) >= 11 is 0. The zero-order valence-corrected chi connectivity index (χ0v) is 17.6. The predicted molar refractivity (Wildman–Crippen MR) is 119 cm³/mol. The fraction of sp³-hybridized carbons (Fsp3) is 0.400. The van der Waals surface area contributed by atoms with Gasteiger partial charge in [0.2, 0.25) is 5.91 Å². The molecule has 4 nitrogen and oxygen atoms in total. The van der Waals surface area contributed by atoms with Gasteiger partial charge in [-0.25, -0.2) is 4.39 Å². The normalized spacial score (nSPS) is 16.6. The standard InChI is InChI=1S/C25H30FN3O/c1-2-25(30)27-18-20-8-9-21-10-15-29(23(21)16-20)22-11-13-28(14-12-22)24(26)17-19-6-4-3-5-7-19/h3-10,15-16,22,24H,2,11-14,17-18H2,1H3,(H,27,30). The van der Waals surface area contributed by atoms with E-state index < -0.39 is 6.30 Å². The lowest BCUT2D eigenvalue weighted by atomic mass is 10.0. The molecule has 158 valence electrons. The highest BCUT2D eigenvalue weighted by molar-refractivity contribution is 5.81. The molecule has 1 atom stereocenters. The number of carbonyl (C=O) groups is 1. The summed E-state index contributed by atoms with van der Waals surface area (Å²) in [6.07, 6.45) is 4.05. The van der Waals surface area contributed by atoms with E-state index in [-0.39, 0.29) is 5.91 Å². The van der Waals surface area contributed by atoms with Crippen LogP contribution in [0.5, 0.6) is 0 Å². The molecule has 0 spiro atoms. The number of amides is 1. The van der Waals surface area contributed by atoms with Crippen LogP contribution in [0.1, 0.15) is 43.4 Å². The van der Waals surface area contributed by atoms with Crippen LogP contribution in [0, 0.1) is 0 Å². The fourth-order valence-electron chi connectivity index (χ4n) is 4.33. The van der Waals surface area contributed by atoms with Gasteiger partial charge in [0.25, 0.3) is 0 Å². The van der Waals surface area contributed by atoms with E-state index in [1.54, 1.807) is 0 Å². The number of benzene rings is 2. The van der Waals surface area contributed by atoms with E-state index in [1.165, 1.54) is 10.9 Å². The van der Waals surface area contributed by atoms with Crippen LogP contribution >= 0.6 is 0 Å². The van der Waals surface area contributed by atoms with Crippen LogP contribution < -0.4 is 5.32 Å². The Bertz CT molecular complexity index is 976. The number of hydrogen-bond acceptors (Lipinski definition) is 2. The Labute approximate surface area is 177 Å². The number of rotatable bonds is 7. The molecule has 30 heavy (non-hydrogen) atoms. The summed E-state index contributed by atoms with van der Waals surface area (Å²) in [5.41, 5.74) is 3.34. The van der Waals surface area contributed by atoms with Gasteiger partial charge in [0.15, 0.2) is 6.30 Å². The minimum atomic E-state index is -0.927. The molecule has 0 radical (unpaired) electrons. The van der Waals surface area contributed by atoms with E-state index in [2.05, 4.69) is 40.3 Å². The van der Waals surface area contributed by atoms with Crippen molar-refractivity contribution in [1.29, 1.82) is 0 Å². The Morgan fingerprint density at radius 1 is 1.10 bits per heavy atom. The lowest BCUT2D eigenvalue weighted by molar-refractivity contribution is -0.120. The first-order valence-corrected chi connectivity index (χ1v) is 10.9. The number of piperidine rings is 1. The van der Waals surface area contributed by atoms with Gasteiger partial charge in [-0.15, -0.1) is 0 Å². The monoisotopic (exact) mass is 407 g/mol. The van der Waals surface area contributed by atoms with Crippen molar-refractivity contribution in [3.8, 4) is 0 Å². The Balaban J connectivity index is 1.39. The molecule has 5 heteroatoms. The number of carbonyl (C=O) groups excluding carboxylic acids is 1. The third-order valence-corrected chi connectivity index (χ3v) is 6.13. The van der Waals surface area contributed by atoms with Crippen molar-refractivity contribution in [2.45, 2.75) is 51.5 Å². The Morgan fingerprint density at radius 3 is 2.60 bits per heavy atom. The molecule has 0 aliphatic carbocycles. The highest BCUT2D eigenvalue weighted by Gasteiger charge is 2.26. The molecule has 1 saturated heterocycles. The zero-order valence-electron chi connectivity index (χ0n) is 17.6. The number of nitrogens with one attached hydrogen (secondary N) is 1. The maximum atomic E-state index is 14.8. The number of halogens is 1. The predicted octanol–water partition coefficient (Wildman–Crippen LogP) is 4.84. The highest BCUT2D eigenvalue weighted by atomic mass is 19.1. The minimum absolute atomic E-state index is 0.0640. The molecule has 2 heterocycles. The molecule has 0 bridgehead atoms. The maximum Gasteiger partial charge on any atom is 0.219 e. The summed E-state index contributed by atoms with van der Waals surface area (Å²) < 4.78 is 17.1. The van der Waals surface area contributed by atoms with Gasteiger partial charge in [0, 0.05) is 50.2 Å². The summed E-state index contributed by atoms with van der Waals surface area (Å²) in [5.74, 6) is 0.0640. The number of hydrogen-bond donors (Lipinski definition) is 1. The molecular formula is C25H30FN3O. The third-order valence-electron chi connectivity index (χ3n) is 6.13. The lowest BCUT2D eigenvalue weighted by Gasteiger charge is -2.35. The third kappa shape index (κ3) is 4.73. The molecule has 1 amide bonds. The first-order chi connectivity index (χ1) is 14.6. The highest BCUT2D eigenvalue weighted by Crippen LogP contribution is 2.29. The molecule has 1 unspecified atom stereocenters. The van der Waals surface area contributed by atoms with Gasteiger partial charge in [-0.1, -0.05) is 49.4 Å². The molecule has 1 fully saturated rings. The van der Waals surface area contributed by atoms with Crippen LogP contribution in [0.3, 0.4) is 0 Å². The largest absolute Gasteiger partial charge is 0.352 e. The SMILES string of the molecule is CCC(=O)NCc1ccc2ccn(C3CCN(C(F)Cc4ccccc4)CC3)c2c1. The second kappa shape index (κ2) is 9.43. The first-order valence-electron chi connectivity index (χ1n) is 10.9. The maximum absolute atomic E-state index is 14.8. The van der Waals surface area contributed by atoms with E-state index in [0.29, 0.717) is 25.4 Å². The van der Waals surface area contributed by atoms with Gasteiger partial charge in [0.05, 0.1) is 0 Å². The van der Waals surface area contributed by atoms with E-state index in [0.717, 1.165) is 37.1 Å². The van der Waals surface area contributed by atoms with Crippen LogP contribution in [0.4, 0.5) is 4.39 Å². The molecular weight excluding hydrogens is 377 g/mol. The van der Waals surface area contributed by atoms with Crippen LogP contribution in [0.15, 0.2) is 60.8 Å². The number of nitrogens with zero attached hydrogens (tertiary/aromatic N) is 2. The summed E-state index contributed by atoms with van der Waals surface area (Å²) in [4.78, 5) is 13.5. The summed E-state index contributed by atoms with van der Waals surface area (Å²) in [5, 5.41) is 4.15. The first kappa shape index (κ1) is 20.6. The number of alkyl halides is 1. The topological polar surface area (TPSA) is 37.3 Å². The molecule has 4 rings (SSSR count). The van der Waals surface area contributed by atoms with Crippen molar-refractivity contribution in [1.82, 2.24) is 14.8 Å². The summed E-state index contributed by atoms with van der Waals surface area (Å²) in [6, 6.07) is 18.8. The second-order valence-corrected chi connectivity index (χ2v) is 8.14. The van der Waals surface area contributed by atoms with Crippen molar-refractivity contribution >= 4 is 16.8 Å². The van der Waals surface area contributed by atoms with Gasteiger partial charge >= 0.3 is 0 Å². The zero-order chi connectivity index (χ0) is 20.9. The number of aromatic nitrogens is 1. The molecule has 1 N–H and O–H groups in total. The van der Waals surface area contributed by atoms with Crippen LogP contribution in [-0.4, -0.2) is 34.8 Å². The molecule has 1 aliphatic heterocycles. The smallest absolute Gasteiger partial charge is 0.219 e. The van der Waals surface area contributed by atoms with Crippen molar-refractivity contribution in [3.05, 3.63) is 71.9 Å². The van der Waals surface area contributed by atoms with Crippen LogP contribution in [0.2, 0.25) is 0 Å². The number of fused-ring (bicyclic) bond motifs is 1. The molecule has 1 aromatic heterocycles. The number of likely N-dealkylation sites (tertiary alicyclic amines) is 1. The van der Waals surface area contributed by atoms with E-state index in [4.69, 9.17) is 0 Å². The molecule has 0 saturated carbocycles. The van der Waals surface area contributed by atoms with Gasteiger partial charge < -0.3 is 9.88 Å². The van der Waals surface area contributed by atoms with E-state index in [1.807, 2.05) is 42.2 Å². The molecule has 2 aromatic carbocycles. The molecule has 3 aromatic rings. The van der Waals surface area contributed by atoms with Crippen molar-refractivity contribution in [2.75, 3.05) is 13.1 Å². The Hall–Kier alpha value is -2.66. The van der Waals surface area contributed by atoms with E-state index in [9.17, 15) is 9.18 Å². The van der Waals surface area contributed by atoms with Gasteiger partial charge in [-0.3, -0.25) is 9.69 Å². The Kier molecular flexibility index (Phi) is 6.48. The van der Waals surface area contributed by atoms with Gasteiger partial charge in [-0.05, 0) is 41.5 Å². The second-order valence-electron chi connectivity index (χ2n) is 8.14. The van der Waals surface area contributed by atoms with E-state index >= 15 is 0 Å². The van der Waals surface area contributed by atoms with Crippen molar-refractivity contribution in [3.63, 3.8) is 0 Å². The van der Waals surface area contributed by atoms with Crippen LogP contribution in [-0.2, 0) is 17.8 Å². The average Bonchev–Trinajstić information content (AvgIpc) is 3.21. The van der Waals surface area contributed by atoms with Gasteiger partial charge in [0.1, 0.15) is 0 Å². The van der Waals surface area contributed by atoms with Crippen molar-refractivity contribution in [2.24, 2.45) is 0 Å². The van der Waals surface area contributed by atoms with Crippen molar-refractivity contribution < 1.29 is 9.18 Å². The van der Waals surface area contributed by atoms with Crippen LogP contribution in [0.25, 0.3) is 10.9 Å².